The predicted octanol–water partition coefficient (Wildman–Crippen LogP) is 14.1. The van der Waals surface area contributed by atoms with Gasteiger partial charge in [-0.1, -0.05) is 200 Å². The fourth-order valence-corrected chi connectivity index (χ4v) is 8.26. The molecule has 0 amide bonds. The summed E-state index contributed by atoms with van der Waals surface area (Å²) in [5, 5.41) is 5.00. The number of hydrogen-bond acceptors (Lipinski definition) is 3. The molecule has 4 nitrogen and oxygen atoms in total. The van der Waals surface area contributed by atoms with Crippen molar-refractivity contribution < 1.29 is 0 Å². The lowest BCUT2D eigenvalue weighted by Gasteiger charge is -2.12. The highest BCUT2D eigenvalue weighted by Crippen LogP contribution is 2.37. The minimum Gasteiger partial charge on any atom is -0.309 e. The van der Waals surface area contributed by atoms with Gasteiger partial charge < -0.3 is 4.57 Å². The summed E-state index contributed by atoms with van der Waals surface area (Å²) in [5.74, 6) is 1.90. The van der Waals surface area contributed by atoms with Gasteiger partial charge in [-0.15, -0.1) is 0 Å². The number of rotatable bonds is 7. The van der Waals surface area contributed by atoms with Gasteiger partial charge in [0.2, 0.25) is 0 Å². The molecule has 0 N–H and O–H groups in total. The van der Waals surface area contributed by atoms with Crippen molar-refractivity contribution >= 4 is 32.6 Å². The summed E-state index contributed by atoms with van der Waals surface area (Å²) in [6, 6.07) is 77.0. The number of fused-ring (bicyclic) bond motifs is 5. The predicted molar refractivity (Wildman–Crippen MR) is 244 cm³/mol. The van der Waals surface area contributed by atoms with Gasteiger partial charge >= 0.3 is 0 Å². The molecule has 0 fully saturated rings. The van der Waals surface area contributed by atoms with E-state index in [-0.39, 0.29) is 0 Å². The Hall–Kier alpha value is -7.95. The van der Waals surface area contributed by atoms with E-state index in [1.807, 2.05) is 12.1 Å². The Morgan fingerprint density at radius 1 is 0.254 bits per heavy atom. The smallest absolute Gasteiger partial charge is 0.164 e. The van der Waals surface area contributed by atoms with Crippen LogP contribution in [0, 0.1) is 0 Å². The maximum Gasteiger partial charge on any atom is 0.164 e. The number of para-hydroxylation sites is 1. The van der Waals surface area contributed by atoms with Crippen molar-refractivity contribution in [3.63, 3.8) is 0 Å². The maximum atomic E-state index is 5.06. The quantitative estimate of drug-likeness (QED) is 0.163. The number of benzene rings is 9. The van der Waals surface area contributed by atoms with Crippen LogP contribution in [0.4, 0.5) is 0 Å². The third-order valence-corrected chi connectivity index (χ3v) is 11.3. The lowest BCUT2D eigenvalue weighted by molar-refractivity contribution is 1.07. The van der Waals surface area contributed by atoms with Gasteiger partial charge in [-0.25, -0.2) is 15.0 Å². The van der Waals surface area contributed by atoms with E-state index < -0.39 is 0 Å². The van der Waals surface area contributed by atoms with Crippen molar-refractivity contribution in [2.75, 3.05) is 0 Å². The monoisotopic (exact) mass is 752 g/mol. The third kappa shape index (κ3) is 6.34. The summed E-state index contributed by atoms with van der Waals surface area (Å²) < 4.78 is 2.40. The van der Waals surface area contributed by atoms with E-state index in [0.29, 0.717) is 17.5 Å². The molecule has 0 saturated carbocycles. The fourth-order valence-electron chi connectivity index (χ4n) is 8.26. The summed E-state index contributed by atoms with van der Waals surface area (Å²) in [6.07, 6.45) is 0. The molecule has 9 aromatic carbocycles. The normalized spacial score (nSPS) is 11.4. The maximum absolute atomic E-state index is 5.06. The van der Waals surface area contributed by atoms with Crippen molar-refractivity contribution in [2.45, 2.75) is 0 Å². The molecule has 0 aliphatic carbocycles. The molecule has 0 unspecified atom stereocenters. The Morgan fingerprint density at radius 2 is 0.627 bits per heavy atom. The summed E-state index contributed by atoms with van der Waals surface area (Å²) in [6.45, 7) is 0. The number of aromatic nitrogens is 4. The van der Waals surface area contributed by atoms with Gasteiger partial charge in [0, 0.05) is 38.5 Å². The van der Waals surface area contributed by atoms with Crippen LogP contribution in [-0.2, 0) is 0 Å². The van der Waals surface area contributed by atoms with Gasteiger partial charge in [0.1, 0.15) is 0 Å². The lowest BCUT2D eigenvalue weighted by Crippen LogP contribution is -2.00. The molecule has 0 aliphatic heterocycles. The van der Waals surface area contributed by atoms with Crippen molar-refractivity contribution in [1.29, 1.82) is 0 Å². The van der Waals surface area contributed by atoms with Gasteiger partial charge in [0.15, 0.2) is 17.5 Å². The largest absolute Gasteiger partial charge is 0.309 e. The van der Waals surface area contributed by atoms with Crippen LogP contribution >= 0.6 is 0 Å². The molecule has 0 atom stereocenters. The van der Waals surface area contributed by atoms with E-state index in [4.69, 9.17) is 15.0 Å². The van der Waals surface area contributed by atoms with Gasteiger partial charge in [-0.3, -0.25) is 0 Å². The first-order valence-electron chi connectivity index (χ1n) is 19.9. The number of hydrogen-bond donors (Lipinski definition) is 0. The molecule has 59 heavy (non-hydrogen) atoms. The molecular formula is C55H36N4. The Morgan fingerprint density at radius 3 is 1.12 bits per heavy atom. The van der Waals surface area contributed by atoms with E-state index in [9.17, 15) is 0 Å². The summed E-state index contributed by atoms with van der Waals surface area (Å²) in [5.41, 5.74) is 13.3. The molecule has 276 valence electrons. The van der Waals surface area contributed by atoms with Gasteiger partial charge in [-0.05, 0) is 57.0 Å². The van der Waals surface area contributed by atoms with E-state index in [2.05, 4.69) is 211 Å². The molecule has 2 aromatic heterocycles. The van der Waals surface area contributed by atoms with Crippen molar-refractivity contribution in [3.05, 3.63) is 218 Å². The van der Waals surface area contributed by atoms with Crippen molar-refractivity contribution in [1.82, 2.24) is 19.5 Å². The molecule has 0 radical (unpaired) electrons. The van der Waals surface area contributed by atoms with E-state index >= 15 is 0 Å². The zero-order chi connectivity index (χ0) is 39.1. The Labute approximate surface area is 342 Å². The Bertz CT molecular complexity index is 3160. The van der Waals surface area contributed by atoms with Gasteiger partial charge in [0.05, 0.1) is 11.0 Å². The van der Waals surface area contributed by atoms with E-state index in [1.165, 1.54) is 43.7 Å². The van der Waals surface area contributed by atoms with Crippen LogP contribution < -0.4 is 0 Å². The van der Waals surface area contributed by atoms with Crippen LogP contribution in [0.15, 0.2) is 218 Å². The zero-order valence-electron chi connectivity index (χ0n) is 32.1. The fraction of sp³-hybridized carbons (Fsp3) is 0. The van der Waals surface area contributed by atoms with E-state index in [0.717, 1.165) is 44.6 Å². The Kier molecular flexibility index (Phi) is 8.45. The molecule has 2 heterocycles. The molecule has 0 aliphatic rings. The highest BCUT2D eigenvalue weighted by Gasteiger charge is 2.16. The minimum absolute atomic E-state index is 0.629. The third-order valence-electron chi connectivity index (χ3n) is 11.3. The highest BCUT2D eigenvalue weighted by molar-refractivity contribution is 6.18. The minimum atomic E-state index is 0.629. The summed E-state index contributed by atoms with van der Waals surface area (Å²) in [4.78, 5) is 15.1. The van der Waals surface area contributed by atoms with Crippen LogP contribution in [-0.4, -0.2) is 19.5 Å². The molecule has 0 saturated heterocycles. The topological polar surface area (TPSA) is 43.6 Å². The first-order valence-corrected chi connectivity index (χ1v) is 19.9. The molecular weight excluding hydrogens is 717 g/mol. The second kappa shape index (κ2) is 14.5. The highest BCUT2D eigenvalue weighted by atomic mass is 15.0. The lowest BCUT2D eigenvalue weighted by atomic mass is 10.0. The van der Waals surface area contributed by atoms with E-state index in [1.54, 1.807) is 0 Å². The van der Waals surface area contributed by atoms with Crippen LogP contribution in [0.5, 0.6) is 0 Å². The molecule has 11 aromatic rings. The van der Waals surface area contributed by atoms with Crippen LogP contribution in [0.2, 0.25) is 0 Å². The van der Waals surface area contributed by atoms with Crippen LogP contribution in [0.1, 0.15) is 0 Å². The standard InChI is InChI=1S/C55H36N4/c1-3-11-37(12-4-1)39-19-25-44(26-20-39)53-56-54(45-27-21-40(22-28-45)38-13-5-2-6-14-38)58-55(57-53)46-29-23-41(24-30-46)42-31-34-47(35-32-42)59-51-18-10-9-17-49(51)50-36-33-43-15-7-8-16-48(43)52(50)59/h1-36H. The zero-order valence-corrected chi connectivity index (χ0v) is 32.1. The van der Waals surface area contributed by atoms with Crippen LogP contribution in [0.25, 0.3) is 106 Å². The van der Waals surface area contributed by atoms with Gasteiger partial charge in [0.25, 0.3) is 0 Å². The first-order chi connectivity index (χ1) is 29.2. The Balaban J connectivity index is 0.947. The SMILES string of the molecule is c1ccc(-c2ccc(-c3nc(-c4ccc(-c5ccccc5)cc4)nc(-c4ccc(-c5ccc(-n6c7ccccc7c7ccc8ccccc8c76)cc5)cc4)n3)cc2)cc1. The van der Waals surface area contributed by atoms with Crippen molar-refractivity contribution in [3.8, 4) is 73.2 Å². The molecule has 4 heteroatoms. The average Bonchev–Trinajstić information content (AvgIpc) is 3.67. The molecule has 11 rings (SSSR count). The average molecular weight is 753 g/mol. The molecule has 0 spiro atoms. The van der Waals surface area contributed by atoms with Crippen molar-refractivity contribution in [2.24, 2.45) is 0 Å². The number of nitrogens with zero attached hydrogens (tertiary/aromatic N) is 4. The molecule has 0 bridgehead atoms. The first kappa shape index (κ1) is 34.3. The summed E-state index contributed by atoms with van der Waals surface area (Å²) in [7, 11) is 0. The summed E-state index contributed by atoms with van der Waals surface area (Å²) >= 11 is 0. The van der Waals surface area contributed by atoms with Gasteiger partial charge in [-0.2, -0.15) is 0 Å². The van der Waals surface area contributed by atoms with Crippen LogP contribution in [0.3, 0.4) is 0 Å². The second-order valence-electron chi connectivity index (χ2n) is 14.9. The second-order valence-corrected chi connectivity index (χ2v) is 14.9.